The zero-order valence-corrected chi connectivity index (χ0v) is 24.5. The van der Waals surface area contributed by atoms with E-state index < -0.39 is 0 Å². The third-order valence-electron chi connectivity index (χ3n) is 7.69. The first-order valence-electron chi connectivity index (χ1n) is 14.5. The molecule has 2 N–H and O–H groups in total. The minimum absolute atomic E-state index is 0.0179. The molecule has 1 aromatic heterocycles. The third kappa shape index (κ3) is 6.69. The van der Waals surface area contributed by atoms with Gasteiger partial charge in [-0.05, 0) is 48.0 Å². The molecule has 1 fully saturated rings. The SMILES string of the molecule is COC[C@H](CO)Nc1ccc2c(c1)Cc1cccc(-c3cc(N4CCOCC4)cc(OCc4ccc(OC)cc4)n3)c1O2. The summed E-state index contributed by atoms with van der Waals surface area (Å²) in [7, 11) is 3.28. The first-order chi connectivity index (χ1) is 21.1. The van der Waals surface area contributed by atoms with Crippen LogP contribution in [0.15, 0.2) is 72.8 Å². The number of ether oxygens (including phenoxy) is 5. The minimum Gasteiger partial charge on any atom is -0.497 e. The molecular weight excluding hydrogens is 546 g/mol. The van der Waals surface area contributed by atoms with Gasteiger partial charge in [-0.15, -0.1) is 0 Å². The topological polar surface area (TPSA) is 94.5 Å². The lowest BCUT2D eigenvalue weighted by molar-refractivity contribution is 0.122. The molecule has 0 spiro atoms. The average molecular weight is 584 g/mol. The molecule has 43 heavy (non-hydrogen) atoms. The number of methoxy groups -OCH3 is 2. The molecule has 0 saturated carbocycles. The van der Waals surface area contributed by atoms with Gasteiger partial charge in [0.25, 0.3) is 0 Å². The van der Waals surface area contributed by atoms with Crippen LogP contribution in [-0.4, -0.2) is 69.9 Å². The third-order valence-corrected chi connectivity index (χ3v) is 7.69. The number of fused-ring (bicyclic) bond motifs is 2. The van der Waals surface area contributed by atoms with Crippen molar-refractivity contribution < 1.29 is 28.8 Å². The van der Waals surface area contributed by atoms with Gasteiger partial charge in [-0.2, -0.15) is 0 Å². The Morgan fingerprint density at radius 1 is 0.977 bits per heavy atom. The Hall–Kier alpha value is -4.31. The lowest BCUT2D eigenvalue weighted by Gasteiger charge is -2.29. The van der Waals surface area contributed by atoms with E-state index in [9.17, 15) is 5.11 Å². The van der Waals surface area contributed by atoms with Crippen LogP contribution in [0.25, 0.3) is 11.3 Å². The molecule has 2 aliphatic heterocycles. The van der Waals surface area contributed by atoms with Gasteiger partial charge in [0.15, 0.2) is 0 Å². The molecule has 0 amide bonds. The monoisotopic (exact) mass is 583 g/mol. The molecule has 0 radical (unpaired) electrons. The van der Waals surface area contributed by atoms with Gasteiger partial charge in [0.2, 0.25) is 5.88 Å². The van der Waals surface area contributed by atoms with Gasteiger partial charge >= 0.3 is 0 Å². The molecule has 3 aromatic carbocycles. The molecule has 1 saturated heterocycles. The molecule has 2 aliphatic rings. The molecular formula is C34H37N3O6. The Morgan fingerprint density at radius 2 is 1.81 bits per heavy atom. The highest BCUT2D eigenvalue weighted by Crippen LogP contribution is 2.44. The number of benzene rings is 3. The van der Waals surface area contributed by atoms with E-state index in [-0.39, 0.29) is 12.6 Å². The van der Waals surface area contributed by atoms with Gasteiger partial charge in [-0.1, -0.05) is 24.3 Å². The fraction of sp³-hybridized carbons (Fsp3) is 0.324. The predicted molar refractivity (Wildman–Crippen MR) is 166 cm³/mol. The molecule has 0 bridgehead atoms. The van der Waals surface area contributed by atoms with E-state index in [2.05, 4.69) is 34.5 Å². The number of aliphatic hydroxyl groups is 1. The van der Waals surface area contributed by atoms with Gasteiger partial charge in [-0.25, -0.2) is 4.98 Å². The van der Waals surface area contributed by atoms with E-state index in [4.69, 9.17) is 28.7 Å². The summed E-state index contributed by atoms with van der Waals surface area (Å²) in [6, 6.07) is 24.0. The first kappa shape index (κ1) is 28.8. The maximum Gasteiger partial charge on any atom is 0.216 e. The number of nitrogens with one attached hydrogen (secondary N) is 1. The van der Waals surface area contributed by atoms with Gasteiger partial charge in [0, 0.05) is 60.8 Å². The van der Waals surface area contributed by atoms with E-state index in [1.165, 1.54) is 0 Å². The van der Waals surface area contributed by atoms with Crippen LogP contribution in [0.5, 0.6) is 23.1 Å². The van der Waals surface area contributed by atoms with Crippen LogP contribution in [0.1, 0.15) is 16.7 Å². The van der Waals surface area contributed by atoms with Gasteiger partial charge in [0.05, 0.1) is 45.3 Å². The number of morpholine rings is 1. The highest BCUT2D eigenvalue weighted by Gasteiger charge is 2.23. The molecule has 3 heterocycles. The molecule has 224 valence electrons. The standard InChI is InChI=1S/C34H37N3O6/c1-39-22-27(20-38)35-26-8-11-32-25(17-26)16-24-4-3-5-30(34(24)43-32)31-18-28(37-12-14-41-15-13-37)19-33(36-31)42-21-23-6-9-29(40-2)10-7-23/h3-11,17-19,27,35,38H,12-16,20-22H2,1-2H3/t27-/m0/s1. The summed E-state index contributed by atoms with van der Waals surface area (Å²) in [5, 5.41) is 13.0. The second-order valence-electron chi connectivity index (χ2n) is 10.7. The second-order valence-corrected chi connectivity index (χ2v) is 10.7. The number of aliphatic hydroxyl groups excluding tert-OH is 1. The lowest BCUT2D eigenvalue weighted by Crippen LogP contribution is -2.36. The number of pyridine rings is 1. The normalized spacial score (nSPS) is 14.7. The molecule has 4 aromatic rings. The van der Waals surface area contributed by atoms with Crippen LogP contribution in [-0.2, 0) is 22.5 Å². The van der Waals surface area contributed by atoms with Crippen LogP contribution in [0.3, 0.4) is 0 Å². The number of anilines is 2. The Balaban J connectivity index is 1.29. The first-order valence-corrected chi connectivity index (χ1v) is 14.5. The largest absolute Gasteiger partial charge is 0.497 e. The summed E-state index contributed by atoms with van der Waals surface area (Å²) >= 11 is 0. The van der Waals surface area contributed by atoms with Crippen molar-refractivity contribution in [3.05, 3.63) is 89.5 Å². The van der Waals surface area contributed by atoms with Crippen molar-refractivity contribution in [1.82, 2.24) is 4.98 Å². The highest BCUT2D eigenvalue weighted by molar-refractivity contribution is 5.75. The quantitative estimate of drug-likeness (QED) is 0.215. The number of hydrogen-bond acceptors (Lipinski definition) is 9. The number of hydrogen-bond donors (Lipinski definition) is 2. The van der Waals surface area contributed by atoms with Crippen LogP contribution in [0, 0.1) is 0 Å². The predicted octanol–water partition coefficient (Wildman–Crippen LogP) is 5.29. The van der Waals surface area contributed by atoms with Crippen LogP contribution in [0.2, 0.25) is 0 Å². The lowest BCUT2D eigenvalue weighted by atomic mass is 9.96. The summed E-state index contributed by atoms with van der Waals surface area (Å²) in [6.07, 6.45) is 0.714. The number of nitrogens with zero attached hydrogens (tertiary/aromatic N) is 2. The smallest absolute Gasteiger partial charge is 0.216 e. The maximum absolute atomic E-state index is 9.66. The van der Waals surface area contributed by atoms with E-state index in [1.54, 1.807) is 14.2 Å². The van der Waals surface area contributed by atoms with Crippen molar-refractivity contribution in [2.45, 2.75) is 19.1 Å². The van der Waals surface area contributed by atoms with Gasteiger partial charge in [0.1, 0.15) is 23.9 Å². The zero-order chi connectivity index (χ0) is 29.6. The van der Waals surface area contributed by atoms with Gasteiger partial charge in [-0.3, -0.25) is 0 Å². The van der Waals surface area contributed by atoms with Crippen LogP contribution < -0.4 is 24.4 Å². The highest BCUT2D eigenvalue weighted by atomic mass is 16.5. The Kier molecular flexibility index (Phi) is 8.93. The number of rotatable bonds is 11. The van der Waals surface area contributed by atoms with E-state index in [0.29, 0.717) is 38.7 Å². The molecule has 9 nitrogen and oxygen atoms in total. The number of para-hydroxylation sites is 1. The maximum atomic E-state index is 9.66. The number of aromatic nitrogens is 1. The summed E-state index contributed by atoms with van der Waals surface area (Å²) in [4.78, 5) is 7.26. The van der Waals surface area contributed by atoms with Crippen molar-refractivity contribution in [1.29, 1.82) is 0 Å². The van der Waals surface area contributed by atoms with E-state index in [1.807, 2.05) is 48.5 Å². The summed E-state index contributed by atoms with van der Waals surface area (Å²) < 4.78 is 28.9. The average Bonchev–Trinajstić information content (AvgIpc) is 3.06. The molecule has 0 aliphatic carbocycles. The van der Waals surface area contributed by atoms with Crippen molar-refractivity contribution in [2.75, 3.05) is 64.0 Å². The second kappa shape index (κ2) is 13.3. The molecule has 1 atom stereocenters. The van der Waals surface area contributed by atoms with Crippen molar-refractivity contribution >= 4 is 11.4 Å². The minimum atomic E-state index is -0.183. The summed E-state index contributed by atoms with van der Waals surface area (Å²) in [5.41, 5.74) is 6.83. The zero-order valence-electron chi connectivity index (χ0n) is 24.5. The van der Waals surface area contributed by atoms with E-state index >= 15 is 0 Å². The summed E-state index contributed by atoms with van der Waals surface area (Å²) in [5.74, 6) is 2.96. The Morgan fingerprint density at radius 3 is 2.58 bits per heavy atom. The Labute approximate surface area is 251 Å². The van der Waals surface area contributed by atoms with Crippen molar-refractivity contribution in [3.8, 4) is 34.4 Å². The van der Waals surface area contributed by atoms with Crippen molar-refractivity contribution in [3.63, 3.8) is 0 Å². The Bertz CT molecular complexity index is 1540. The molecule has 6 rings (SSSR count). The fourth-order valence-electron chi connectivity index (χ4n) is 5.43. The fourth-order valence-corrected chi connectivity index (χ4v) is 5.43. The van der Waals surface area contributed by atoms with Crippen LogP contribution in [0.4, 0.5) is 11.4 Å². The van der Waals surface area contributed by atoms with E-state index in [0.717, 1.165) is 69.7 Å². The molecule has 0 unspecified atom stereocenters. The molecule has 9 heteroatoms. The van der Waals surface area contributed by atoms with Gasteiger partial charge < -0.3 is 39.0 Å². The summed E-state index contributed by atoms with van der Waals surface area (Å²) in [6.45, 7) is 3.75. The van der Waals surface area contributed by atoms with Crippen LogP contribution >= 0.6 is 0 Å². The van der Waals surface area contributed by atoms with Crippen molar-refractivity contribution in [2.24, 2.45) is 0 Å².